The topological polar surface area (TPSA) is 58.2 Å². The van der Waals surface area contributed by atoms with E-state index in [4.69, 9.17) is 0 Å². The average molecular weight is 252 g/mol. The first-order valence-electron chi connectivity index (χ1n) is 5.74. The van der Waals surface area contributed by atoms with Crippen molar-refractivity contribution < 1.29 is 14.0 Å². The normalized spacial score (nSPS) is 12.1. The first-order valence-corrected chi connectivity index (χ1v) is 5.74. The Labute approximate surface area is 106 Å². The van der Waals surface area contributed by atoms with Crippen LogP contribution in [0.2, 0.25) is 0 Å². The standard InChI is InChI=1S/C13H17FN2O2/c1-8(2)12(15-9(3)17)13(18)16-11-7-5-4-6-10(11)14/h4-8,12H,1-3H3,(H,15,17)(H,16,18)/t12-/m0/s1. The van der Waals surface area contributed by atoms with Crippen molar-refractivity contribution in [1.29, 1.82) is 0 Å². The zero-order valence-corrected chi connectivity index (χ0v) is 10.7. The average Bonchev–Trinajstić information content (AvgIpc) is 2.28. The molecule has 98 valence electrons. The molecule has 0 bridgehead atoms. The van der Waals surface area contributed by atoms with E-state index < -0.39 is 17.8 Å². The van der Waals surface area contributed by atoms with Gasteiger partial charge in [-0.05, 0) is 18.1 Å². The fourth-order valence-corrected chi connectivity index (χ4v) is 1.53. The number of hydrogen-bond acceptors (Lipinski definition) is 2. The molecule has 2 amide bonds. The predicted molar refractivity (Wildman–Crippen MR) is 67.5 cm³/mol. The number of rotatable bonds is 4. The van der Waals surface area contributed by atoms with E-state index in [9.17, 15) is 14.0 Å². The van der Waals surface area contributed by atoms with Crippen LogP contribution < -0.4 is 10.6 Å². The van der Waals surface area contributed by atoms with E-state index in [0.717, 1.165) is 0 Å². The SMILES string of the molecule is CC(=O)N[C@H](C(=O)Nc1ccccc1F)C(C)C. The molecule has 0 heterocycles. The molecular weight excluding hydrogens is 235 g/mol. The molecule has 0 aliphatic rings. The summed E-state index contributed by atoms with van der Waals surface area (Å²) < 4.78 is 13.4. The van der Waals surface area contributed by atoms with E-state index in [1.807, 2.05) is 13.8 Å². The van der Waals surface area contributed by atoms with Crippen LogP contribution in [0.5, 0.6) is 0 Å². The molecule has 1 aromatic rings. The second-order valence-corrected chi connectivity index (χ2v) is 4.39. The molecule has 18 heavy (non-hydrogen) atoms. The molecule has 0 aromatic heterocycles. The lowest BCUT2D eigenvalue weighted by atomic mass is 10.0. The highest BCUT2D eigenvalue weighted by molar-refractivity contribution is 5.97. The molecule has 2 N–H and O–H groups in total. The number of benzene rings is 1. The minimum Gasteiger partial charge on any atom is -0.344 e. The highest BCUT2D eigenvalue weighted by Crippen LogP contribution is 2.14. The smallest absolute Gasteiger partial charge is 0.247 e. The second kappa shape index (κ2) is 6.14. The summed E-state index contributed by atoms with van der Waals surface area (Å²) in [6.07, 6.45) is 0. The number of carbonyl (C=O) groups excluding carboxylic acids is 2. The molecule has 1 rings (SSSR count). The van der Waals surface area contributed by atoms with Crippen molar-refractivity contribution in [1.82, 2.24) is 5.32 Å². The summed E-state index contributed by atoms with van der Waals surface area (Å²) in [5.41, 5.74) is 0.110. The Balaban J connectivity index is 2.79. The van der Waals surface area contributed by atoms with E-state index in [2.05, 4.69) is 10.6 Å². The van der Waals surface area contributed by atoms with Crippen molar-refractivity contribution in [2.24, 2.45) is 5.92 Å². The number of amides is 2. The third kappa shape index (κ3) is 3.84. The van der Waals surface area contributed by atoms with Gasteiger partial charge in [0.05, 0.1) is 5.69 Å². The number of para-hydroxylation sites is 1. The minimum absolute atomic E-state index is 0.0827. The molecule has 0 saturated heterocycles. The predicted octanol–water partition coefficient (Wildman–Crippen LogP) is 1.92. The van der Waals surface area contributed by atoms with E-state index in [1.165, 1.54) is 19.1 Å². The maximum Gasteiger partial charge on any atom is 0.247 e. The zero-order valence-electron chi connectivity index (χ0n) is 10.7. The summed E-state index contributed by atoms with van der Waals surface area (Å²) in [6, 6.07) is 5.22. The molecule has 0 unspecified atom stereocenters. The third-order valence-electron chi connectivity index (χ3n) is 2.44. The number of nitrogens with one attached hydrogen (secondary N) is 2. The number of anilines is 1. The third-order valence-corrected chi connectivity index (χ3v) is 2.44. The number of carbonyl (C=O) groups is 2. The maximum atomic E-state index is 13.4. The number of halogens is 1. The lowest BCUT2D eigenvalue weighted by molar-refractivity contribution is -0.126. The van der Waals surface area contributed by atoms with Crippen molar-refractivity contribution in [2.45, 2.75) is 26.8 Å². The molecule has 0 saturated carbocycles. The Morgan fingerprint density at radius 1 is 1.22 bits per heavy atom. The first kappa shape index (κ1) is 14.2. The first-order chi connectivity index (χ1) is 8.41. The van der Waals surface area contributed by atoms with Crippen molar-refractivity contribution in [3.05, 3.63) is 30.1 Å². The molecule has 0 aliphatic heterocycles. The summed E-state index contributed by atoms with van der Waals surface area (Å²) >= 11 is 0. The van der Waals surface area contributed by atoms with Crippen molar-refractivity contribution in [2.75, 3.05) is 5.32 Å². The fourth-order valence-electron chi connectivity index (χ4n) is 1.53. The van der Waals surface area contributed by atoms with Gasteiger partial charge < -0.3 is 10.6 Å². The van der Waals surface area contributed by atoms with Crippen LogP contribution in [0.4, 0.5) is 10.1 Å². The van der Waals surface area contributed by atoms with Gasteiger partial charge >= 0.3 is 0 Å². The molecule has 1 aromatic carbocycles. The van der Waals surface area contributed by atoms with Gasteiger partial charge in [-0.15, -0.1) is 0 Å². The van der Waals surface area contributed by atoms with E-state index in [0.29, 0.717) is 0 Å². The van der Waals surface area contributed by atoms with E-state index >= 15 is 0 Å². The monoisotopic (exact) mass is 252 g/mol. The Morgan fingerprint density at radius 2 is 1.83 bits per heavy atom. The quantitative estimate of drug-likeness (QED) is 0.860. The molecule has 0 aliphatic carbocycles. The summed E-state index contributed by atoms with van der Waals surface area (Å²) in [5, 5.41) is 5.01. The summed E-state index contributed by atoms with van der Waals surface area (Å²) in [4.78, 5) is 23.0. The Hall–Kier alpha value is -1.91. The van der Waals surface area contributed by atoms with E-state index in [1.54, 1.807) is 12.1 Å². The fraction of sp³-hybridized carbons (Fsp3) is 0.385. The lowest BCUT2D eigenvalue weighted by Crippen LogP contribution is -2.46. The molecule has 1 atom stereocenters. The van der Waals surface area contributed by atoms with Crippen LogP contribution in [0.3, 0.4) is 0 Å². The highest BCUT2D eigenvalue weighted by atomic mass is 19.1. The van der Waals surface area contributed by atoms with Gasteiger partial charge in [-0.25, -0.2) is 4.39 Å². The second-order valence-electron chi connectivity index (χ2n) is 4.39. The molecule has 5 heteroatoms. The van der Waals surface area contributed by atoms with E-state index in [-0.39, 0.29) is 17.5 Å². The Bertz CT molecular complexity index is 446. The van der Waals surface area contributed by atoms with Gasteiger partial charge in [-0.2, -0.15) is 0 Å². The van der Waals surface area contributed by atoms with Crippen LogP contribution in [-0.4, -0.2) is 17.9 Å². The van der Waals surface area contributed by atoms with Crippen LogP contribution >= 0.6 is 0 Å². The lowest BCUT2D eigenvalue weighted by Gasteiger charge is -2.21. The van der Waals surface area contributed by atoms with Crippen LogP contribution in [0.1, 0.15) is 20.8 Å². The summed E-state index contributed by atoms with van der Waals surface area (Å²) in [7, 11) is 0. The van der Waals surface area contributed by atoms with Crippen LogP contribution in [-0.2, 0) is 9.59 Å². The van der Waals surface area contributed by atoms with Gasteiger partial charge in [0.2, 0.25) is 11.8 Å². The maximum absolute atomic E-state index is 13.4. The molecular formula is C13H17FN2O2. The van der Waals surface area contributed by atoms with Gasteiger partial charge in [0.1, 0.15) is 11.9 Å². The molecule has 0 fully saturated rings. The van der Waals surface area contributed by atoms with Crippen molar-refractivity contribution in [3.63, 3.8) is 0 Å². The molecule has 4 nitrogen and oxygen atoms in total. The van der Waals surface area contributed by atoms with Gasteiger partial charge in [-0.1, -0.05) is 26.0 Å². The molecule has 0 spiro atoms. The van der Waals surface area contributed by atoms with Gasteiger partial charge in [-0.3, -0.25) is 9.59 Å². The van der Waals surface area contributed by atoms with Crippen LogP contribution in [0.25, 0.3) is 0 Å². The minimum atomic E-state index is -0.679. The van der Waals surface area contributed by atoms with Gasteiger partial charge in [0, 0.05) is 6.92 Å². The molecule has 0 radical (unpaired) electrons. The Kier molecular flexibility index (Phi) is 4.83. The summed E-state index contributed by atoms with van der Waals surface area (Å²) in [6.45, 7) is 4.95. The van der Waals surface area contributed by atoms with Crippen molar-refractivity contribution in [3.8, 4) is 0 Å². The summed E-state index contributed by atoms with van der Waals surface area (Å²) in [5.74, 6) is -1.31. The largest absolute Gasteiger partial charge is 0.344 e. The van der Waals surface area contributed by atoms with Gasteiger partial charge in [0.25, 0.3) is 0 Å². The zero-order chi connectivity index (χ0) is 13.7. The van der Waals surface area contributed by atoms with Crippen LogP contribution in [0.15, 0.2) is 24.3 Å². The highest BCUT2D eigenvalue weighted by Gasteiger charge is 2.23. The van der Waals surface area contributed by atoms with Gasteiger partial charge in [0.15, 0.2) is 0 Å². The van der Waals surface area contributed by atoms with Crippen molar-refractivity contribution >= 4 is 17.5 Å². The number of hydrogen-bond donors (Lipinski definition) is 2. The van der Waals surface area contributed by atoms with Crippen LogP contribution in [0, 0.1) is 11.7 Å². The Morgan fingerprint density at radius 3 is 2.33 bits per heavy atom.